The van der Waals surface area contributed by atoms with Gasteiger partial charge < -0.3 is 5.73 Å². The summed E-state index contributed by atoms with van der Waals surface area (Å²) in [5.74, 6) is -0.586. The Labute approximate surface area is 165 Å². The molecule has 0 saturated carbocycles. The topological polar surface area (TPSA) is 23.8 Å². The Morgan fingerprint density at radius 1 is 0.692 bits per heavy atom. The van der Waals surface area contributed by atoms with E-state index in [1.807, 2.05) is 12.1 Å². The summed E-state index contributed by atoms with van der Waals surface area (Å²) in [4.78, 5) is 0. The summed E-state index contributed by atoms with van der Waals surface area (Å²) in [5.41, 5.74) is 13.1. The molecule has 0 aliphatic heterocycles. The Kier molecular flexibility index (Phi) is 5.96. The summed E-state index contributed by atoms with van der Waals surface area (Å²) in [6.45, 7) is 6.18. The molecule has 0 aromatic heterocycles. The van der Waals surface area contributed by atoms with Crippen molar-refractivity contribution in [3.05, 3.63) is 83.6 Å². The molecule has 0 aliphatic carbocycles. The quantitative estimate of drug-likeness (QED) is 0.620. The summed E-state index contributed by atoms with van der Waals surface area (Å²) in [6, 6.07) is 16.4. The van der Waals surface area contributed by atoms with Gasteiger partial charge >= 0.3 is 18.9 Å². The van der Waals surface area contributed by atoms with Gasteiger partial charge in [0.25, 0.3) is 0 Å². The molecule has 0 aliphatic rings. The SMILES string of the molecule is CC(C)(C)c1cc(-c2ccc(F)cc2)cc(-c2ccc(F)cc2)c1[NH-].[Li+]. The van der Waals surface area contributed by atoms with Gasteiger partial charge in [-0.05, 0) is 58.0 Å². The number of halogens is 2. The molecule has 128 valence electrons. The molecule has 26 heavy (non-hydrogen) atoms. The first-order valence-electron chi connectivity index (χ1n) is 8.18. The Balaban J connectivity index is 0.00000243. The van der Waals surface area contributed by atoms with Gasteiger partial charge in [-0.25, -0.2) is 8.78 Å². The molecule has 0 heterocycles. The fourth-order valence-electron chi connectivity index (χ4n) is 2.90. The largest absolute Gasteiger partial charge is 1.00 e. The van der Waals surface area contributed by atoms with E-state index in [4.69, 9.17) is 5.73 Å². The predicted octanol–water partition coefficient (Wildman–Crippen LogP) is 4.28. The first kappa shape index (κ1) is 20.2. The average molecular weight is 343 g/mol. The van der Waals surface area contributed by atoms with Crippen LogP contribution in [0.5, 0.6) is 0 Å². The Bertz CT molecular complexity index is 895. The summed E-state index contributed by atoms with van der Waals surface area (Å²) in [5, 5.41) is 0. The Morgan fingerprint density at radius 2 is 1.15 bits per heavy atom. The zero-order valence-electron chi connectivity index (χ0n) is 15.5. The molecule has 0 unspecified atom stereocenters. The molecule has 1 nitrogen and oxygen atoms in total. The fraction of sp³-hybridized carbons (Fsp3) is 0.182. The van der Waals surface area contributed by atoms with Crippen molar-refractivity contribution in [3.8, 4) is 22.3 Å². The van der Waals surface area contributed by atoms with Crippen molar-refractivity contribution in [1.82, 2.24) is 0 Å². The smallest absolute Gasteiger partial charge is 0.698 e. The van der Waals surface area contributed by atoms with E-state index in [0.29, 0.717) is 5.69 Å². The van der Waals surface area contributed by atoms with Crippen LogP contribution in [0.25, 0.3) is 28.0 Å². The second-order valence-corrected chi connectivity index (χ2v) is 7.21. The molecule has 0 amide bonds. The van der Waals surface area contributed by atoms with Crippen LogP contribution in [0, 0.1) is 11.6 Å². The minimum Gasteiger partial charge on any atom is -0.698 e. The van der Waals surface area contributed by atoms with Crippen molar-refractivity contribution in [2.24, 2.45) is 0 Å². The van der Waals surface area contributed by atoms with E-state index in [9.17, 15) is 8.78 Å². The van der Waals surface area contributed by atoms with Crippen LogP contribution in [0.2, 0.25) is 0 Å². The summed E-state index contributed by atoms with van der Waals surface area (Å²) >= 11 is 0. The van der Waals surface area contributed by atoms with Crippen molar-refractivity contribution in [2.45, 2.75) is 26.2 Å². The van der Waals surface area contributed by atoms with Gasteiger partial charge in [0.15, 0.2) is 0 Å². The standard InChI is InChI=1S/C22H20F2N.Li/c1-22(2,3)20-13-16(14-4-8-17(23)9-5-14)12-19(21(20)25)15-6-10-18(24)11-7-15;/h4-13,25H,1-3H3;/q-1;+1. The van der Waals surface area contributed by atoms with Gasteiger partial charge in [0.1, 0.15) is 11.6 Å². The number of nitrogens with one attached hydrogen (secondary N) is 1. The molecule has 3 aromatic carbocycles. The van der Waals surface area contributed by atoms with Gasteiger partial charge in [0.2, 0.25) is 0 Å². The van der Waals surface area contributed by atoms with E-state index in [1.165, 1.54) is 24.3 Å². The van der Waals surface area contributed by atoms with Gasteiger partial charge in [-0.15, -0.1) is 5.69 Å². The van der Waals surface area contributed by atoms with Crippen LogP contribution in [0.1, 0.15) is 26.3 Å². The first-order valence-corrected chi connectivity index (χ1v) is 8.18. The van der Waals surface area contributed by atoms with Crippen LogP contribution >= 0.6 is 0 Å². The molecule has 0 saturated heterocycles. The maximum absolute atomic E-state index is 13.3. The van der Waals surface area contributed by atoms with Gasteiger partial charge in [-0.2, -0.15) is 0 Å². The van der Waals surface area contributed by atoms with E-state index >= 15 is 0 Å². The average Bonchev–Trinajstić information content (AvgIpc) is 2.56. The Morgan fingerprint density at radius 3 is 1.62 bits per heavy atom. The molecule has 0 bridgehead atoms. The van der Waals surface area contributed by atoms with E-state index in [1.54, 1.807) is 24.3 Å². The van der Waals surface area contributed by atoms with Crippen molar-refractivity contribution in [3.63, 3.8) is 0 Å². The van der Waals surface area contributed by atoms with Crippen LogP contribution in [0.3, 0.4) is 0 Å². The van der Waals surface area contributed by atoms with Crippen molar-refractivity contribution < 1.29 is 27.6 Å². The van der Waals surface area contributed by atoms with Crippen LogP contribution in [0.4, 0.5) is 14.5 Å². The van der Waals surface area contributed by atoms with Gasteiger partial charge in [-0.1, -0.05) is 56.7 Å². The summed E-state index contributed by atoms with van der Waals surface area (Å²) in [6.07, 6.45) is 0. The zero-order chi connectivity index (χ0) is 18.2. The van der Waals surface area contributed by atoms with Crippen molar-refractivity contribution in [2.75, 3.05) is 0 Å². The second-order valence-electron chi connectivity index (χ2n) is 7.21. The van der Waals surface area contributed by atoms with E-state index in [0.717, 1.165) is 27.8 Å². The molecule has 3 aromatic rings. The molecular weight excluding hydrogens is 323 g/mol. The number of hydrogen-bond acceptors (Lipinski definition) is 0. The summed E-state index contributed by atoms with van der Waals surface area (Å²) in [7, 11) is 0. The first-order chi connectivity index (χ1) is 11.8. The Hall–Kier alpha value is -2.08. The maximum atomic E-state index is 13.3. The third-order valence-electron chi connectivity index (χ3n) is 4.28. The third-order valence-corrected chi connectivity index (χ3v) is 4.28. The van der Waals surface area contributed by atoms with E-state index in [2.05, 4.69) is 20.8 Å². The van der Waals surface area contributed by atoms with E-state index in [-0.39, 0.29) is 35.9 Å². The van der Waals surface area contributed by atoms with Gasteiger partial charge in [0.05, 0.1) is 0 Å². The minimum atomic E-state index is -0.305. The molecule has 0 spiro atoms. The monoisotopic (exact) mass is 343 g/mol. The van der Waals surface area contributed by atoms with Crippen LogP contribution < -0.4 is 18.9 Å². The molecule has 0 fully saturated rings. The van der Waals surface area contributed by atoms with Crippen LogP contribution in [-0.2, 0) is 5.41 Å². The number of rotatable bonds is 2. The van der Waals surface area contributed by atoms with Crippen molar-refractivity contribution >= 4 is 5.69 Å². The third kappa shape index (κ3) is 4.18. The maximum Gasteiger partial charge on any atom is 1.00 e. The van der Waals surface area contributed by atoms with Gasteiger partial charge in [0, 0.05) is 0 Å². The van der Waals surface area contributed by atoms with Crippen molar-refractivity contribution in [1.29, 1.82) is 0 Å². The normalized spacial score (nSPS) is 11.1. The second kappa shape index (κ2) is 7.66. The fourth-order valence-corrected chi connectivity index (χ4v) is 2.90. The minimum absolute atomic E-state index is 0. The number of hydrogen-bond donors (Lipinski definition) is 0. The number of benzene rings is 3. The van der Waals surface area contributed by atoms with E-state index < -0.39 is 0 Å². The molecule has 0 radical (unpaired) electrons. The zero-order valence-corrected chi connectivity index (χ0v) is 15.5. The molecule has 3 rings (SSSR count). The summed E-state index contributed by atoms with van der Waals surface area (Å²) < 4.78 is 26.5. The molecule has 0 atom stereocenters. The van der Waals surface area contributed by atoms with Crippen LogP contribution in [0.15, 0.2) is 60.7 Å². The molecule has 1 N–H and O–H groups in total. The van der Waals surface area contributed by atoms with Gasteiger partial charge in [-0.3, -0.25) is 0 Å². The molecule has 4 heteroatoms. The molecular formula is C22H20F2LiN. The predicted molar refractivity (Wildman–Crippen MR) is 99.9 cm³/mol. The van der Waals surface area contributed by atoms with Crippen LogP contribution in [-0.4, -0.2) is 0 Å².